The second-order valence-electron chi connectivity index (χ2n) is 5.50. The quantitative estimate of drug-likeness (QED) is 0.813. The number of anilines is 1. The molecule has 0 radical (unpaired) electrons. The maximum atomic E-state index is 12.2. The first-order chi connectivity index (χ1) is 11.2. The summed E-state index contributed by atoms with van der Waals surface area (Å²) in [6, 6.07) is 17.9. The molecule has 0 bridgehead atoms. The Hall–Kier alpha value is -2.17. The summed E-state index contributed by atoms with van der Waals surface area (Å²) in [5.41, 5.74) is 3.01. The van der Waals surface area contributed by atoms with Crippen LogP contribution >= 0.6 is 0 Å². The van der Waals surface area contributed by atoms with Crippen molar-refractivity contribution in [1.29, 1.82) is 0 Å². The van der Waals surface area contributed by atoms with Crippen LogP contribution in [0.3, 0.4) is 0 Å². The van der Waals surface area contributed by atoms with Crippen molar-refractivity contribution in [3.8, 4) is 0 Å². The van der Waals surface area contributed by atoms with Gasteiger partial charge in [0.25, 0.3) is 0 Å². The molecule has 0 spiro atoms. The summed E-state index contributed by atoms with van der Waals surface area (Å²) in [5, 5.41) is 2.98. The molecule has 0 heterocycles. The first kappa shape index (κ1) is 17.2. The standard InChI is InChI=1S/C19H24N2O2/c1-3-23-15-17-11-7-8-12-18(17)20-19(22)14-21(2)13-16-9-5-4-6-10-16/h4-12H,3,13-15H2,1-2H3,(H,20,22). The molecule has 2 aromatic carbocycles. The molecule has 0 saturated heterocycles. The van der Waals surface area contributed by atoms with Crippen LogP contribution in [-0.2, 0) is 22.7 Å². The number of rotatable bonds is 8. The minimum atomic E-state index is -0.0209. The largest absolute Gasteiger partial charge is 0.377 e. The summed E-state index contributed by atoms with van der Waals surface area (Å²) in [7, 11) is 1.94. The minimum Gasteiger partial charge on any atom is -0.377 e. The van der Waals surface area contributed by atoms with E-state index in [4.69, 9.17) is 4.74 Å². The first-order valence-corrected chi connectivity index (χ1v) is 7.87. The number of carbonyl (C=O) groups is 1. The van der Waals surface area contributed by atoms with Gasteiger partial charge in [0.1, 0.15) is 0 Å². The van der Waals surface area contributed by atoms with Crippen molar-refractivity contribution in [2.45, 2.75) is 20.1 Å². The number of para-hydroxylation sites is 1. The van der Waals surface area contributed by atoms with Gasteiger partial charge in [-0.05, 0) is 25.6 Å². The number of nitrogens with zero attached hydrogens (tertiary/aromatic N) is 1. The Kier molecular flexibility index (Phi) is 6.78. The Balaban J connectivity index is 1.89. The Labute approximate surface area is 138 Å². The van der Waals surface area contributed by atoms with Crippen molar-refractivity contribution in [1.82, 2.24) is 4.90 Å². The molecule has 4 nitrogen and oxygen atoms in total. The lowest BCUT2D eigenvalue weighted by Gasteiger charge is -2.17. The molecule has 23 heavy (non-hydrogen) atoms. The number of hydrogen-bond acceptors (Lipinski definition) is 3. The van der Waals surface area contributed by atoms with Gasteiger partial charge in [-0.2, -0.15) is 0 Å². The van der Waals surface area contributed by atoms with Crippen LogP contribution in [0.1, 0.15) is 18.1 Å². The van der Waals surface area contributed by atoms with Crippen molar-refractivity contribution in [2.75, 3.05) is 25.5 Å². The van der Waals surface area contributed by atoms with Gasteiger partial charge in [-0.1, -0.05) is 48.5 Å². The lowest BCUT2D eigenvalue weighted by molar-refractivity contribution is -0.117. The predicted octanol–water partition coefficient (Wildman–Crippen LogP) is 3.29. The zero-order valence-electron chi connectivity index (χ0n) is 13.8. The number of hydrogen-bond donors (Lipinski definition) is 1. The highest BCUT2D eigenvalue weighted by atomic mass is 16.5. The summed E-state index contributed by atoms with van der Waals surface area (Å²) < 4.78 is 5.44. The van der Waals surface area contributed by atoms with E-state index in [2.05, 4.69) is 17.4 Å². The van der Waals surface area contributed by atoms with Crippen molar-refractivity contribution < 1.29 is 9.53 Å². The summed E-state index contributed by atoms with van der Waals surface area (Å²) in [5.74, 6) is -0.0209. The number of amides is 1. The molecule has 1 N–H and O–H groups in total. The molecule has 2 aromatic rings. The molecule has 0 aliphatic heterocycles. The van der Waals surface area contributed by atoms with E-state index < -0.39 is 0 Å². The van der Waals surface area contributed by atoms with Gasteiger partial charge in [0.2, 0.25) is 5.91 Å². The summed E-state index contributed by atoms with van der Waals surface area (Å²) >= 11 is 0. The lowest BCUT2D eigenvalue weighted by Crippen LogP contribution is -2.30. The van der Waals surface area contributed by atoms with E-state index in [-0.39, 0.29) is 5.91 Å². The molecule has 2 rings (SSSR count). The van der Waals surface area contributed by atoms with Gasteiger partial charge < -0.3 is 10.1 Å². The molecular formula is C19H24N2O2. The molecule has 0 aliphatic carbocycles. The molecular weight excluding hydrogens is 288 g/mol. The van der Waals surface area contributed by atoms with Crippen molar-refractivity contribution in [3.63, 3.8) is 0 Å². The predicted molar refractivity (Wildman–Crippen MR) is 93.2 cm³/mol. The number of likely N-dealkylation sites (N-methyl/N-ethyl adjacent to an activating group) is 1. The van der Waals surface area contributed by atoms with Crippen molar-refractivity contribution >= 4 is 11.6 Å². The maximum Gasteiger partial charge on any atom is 0.238 e. The zero-order valence-corrected chi connectivity index (χ0v) is 13.8. The van der Waals surface area contributed by atoms with E-state index in [1.165, 1.54) is 5.56 Å². The van der Waals surface area contributed by atoms with Crippen LogP contribution in [0.2, 0.25) is 0 Å². The average Bonchev–Trinajstić information content (AvgIpc) is 2.54. The minimum absolute atomic E-state index is 0.0209. The number of nitrogens with one attached hydrogen (secondary N) is 1. The van der Waals surface area contributed by atoms with E-state index in [9.17, 15) is 4.79 Å². The highest BCUT2D eigenvalue weighted by Crippen LogP contribution is 2.16. The van der Waals surface area contributed by atoms with E-state index in [0.29, 0.717) is 19.8 Å². The first-order valence-electron chi connectivity index (χ1n) is 7.87. The van der Waals surface area contributed by atoms with Gasteiger partial charge >= 0.3 is 0 Å². The Morgan fingerprint density at radius 2 is 1.78 bits per heavy atom. The van der Waals surface area contributed by atoms with E-state index in [1.807, 2.05) is 61.3 Å². The van der Waals surface area contributed by atoms with Gasteiger partial charge in [-0.25, -0.2) is 0 Å². The summed E-state index contributed by atoms with van der Waals surface area (Å²) in [6.07, 6.45) is 0. The smallest absolute Gasteiger partial charge is 0.238 e. The van der Waals surface area contributed by atoms with Gasteiger partial charge in [0.15, 0.2) is 0 Å². The van der Waals surface area contributed by atoms with Gasteiger partial charge in [0, 0.05) is 24.4 Å². The van der Waals surface area contributed by atoms with Crippen LogP contribution in [-0.4, -0.2) is 31.0 Å². The molecule has 0 fully saturated rings. The van der Waals surface area contributed by atoms with Crippen LogP contribution in [0, 0.1) is 0 Å². The third kappa shape index (κ3) is 5.85. The van der Waals surface area contributed by atoms with Crippen molar-refractivity contribution in [3.05, 3.63) is 65.7 Å². The third-order valence-electron chi connectivity index (χ3n) is 3.46. The Bertz CT molecular complexity index is 614. The number of benzene rings is 2. The number of carbonyl (C=O) groups excluding carboxylic acids is 1. The van der Waals surface area contributed by atoms with E-state index in [0.717, 1.165) is 17.8 Å². The van der Waals surface area contributed by atoms with Gasteiger partial charge in [0.05, 0.1) is 13.2 Å². The molecule has 1 amide bonds. The van der Waals surface area contributed by atoms with Crippen LogP contribution in [0.4, 0.5) is 5.69 Å². The van der Waals surface area contributed by atoms with Gasteiger partial charge in [-0.15, -0.1) is 0 Å². The van der Waals surface area contributed by atoms with Crippen LogP contribution in [0.25, 0.3) is 0 Å². The second kappa shape index (κ2) is 9.08. The summed E-state index contributed by atoms with van der Waals surface area (Å²) in [6.45, 7) is 4.21. The fourth-order valence-electron chi connectivity index (χ4n) is 2.37. The van der Waals surface area contributed by atoms with E-state index >= 15 is 0 Å². The molecule has 0 saturated carbocycles. The molecule has 0 aliphatic rings. The highest BCUT2D eigenvalue weighted by Gasteiger charge is 2.09. The maximum absolute atomic E-state index is 12.2. The molecule has 0 atom stereocenters. The third-order valence-corrected chi connectivity index (χ3v) is 3.46. The average molecular weight is 312 g/mol. The van der Waals surface area contributed by atoms with Gasteiger partial charge in [-0.3, -0.25) is 9.69 Å². The second-order valence-corrected chi connectivity index (χ2v) is 5.50. The monoisotopic (exact) mass is 312 g/mol. The van der Waals surface area contributed by atoms with Crippen LogP contribution in [0.5, 0.6) is 0 Å². The van der Waals surface area contributed by atoms with Crippen molar-refractivity contribution in [2.24, 2.45) is 0 Å². The van der Waals surface area contributed by atoms with Crippen LogP contribution < -0.4 is 5.32 Å². The Morgan fingerprint density at radius 1 is 1.09 bits per heavy atom. The fourth-order valence-corrected chi connectivity index (χ4v) is 2.37. The zero-order chi connectivity index (χ0) is 16.5. The normalized spacial score (nSPS) is 10.7. The topological polar surface area (TPSA) is 41.6 Å². The highest BCUT2D eigenvalue weighted by molar-refractivity contribution is 5.92. The van der Waals surface area contributed by atoms with E-state index in [1.54, 1.807) is 0 Å². The molecule has 0 aromatic heterocycles. The van der Waals surface area contributed by atoms with Crippen LogP contribution in [0.15, 0.2) is 54.6 Å². The summed E-state index contributed by atoms with van der Waals surface area (Å²) in [4.78, 5) is 14.2. The lowest BCUT2D eigenvalue weighted by atomic mass is 10.2. The number of ether oxygens (including phenoxy) is 1. The fraction of sp³-hybridized carbons (Fsp3) is 0.316. The molecule has 122 valence electrons. The molecule has 4 heteroatoms. The Morgan fingerprint density at radius 3 is 2.52 bits per heavy atom. The molecule has 0 unspecified atom stereocenters. The SMILES string of the molecule is CCOCc1ccccc1NC(=O)CN(C)Cc1ccccc1.